The van der Waals surface area contributed by atoms with Crippen LogP contribution in [0.3, 0.4) is 0 Å². The number of carbonyl (C=O) groups excluding carboxylic acids is 1. The fraction of sp³-hybridized carbons (Fsp3) is 0.357. The molecule has 22 heavy (non-hydrogen) atoms. The molecule has 0 aliphatic rings. The number of nitrogens with two attached hydrogens (primary N) is 1. The van der Waals surface area contributed by atoms with E-state index in [1.807, 2.05) is 18.2 Å². The van der Waals surface area contributed by atoms with Gasteiger partial charge in [0.05, 0.1) is 24.3 Å². The van der Waals surface area contributed by atoms with Gasteiger partial charge in [-0.15, -0.1) is 5.10 Å². The van der Waals surface area contributed by atoms with Crippen LogP contribution in [0, 0.1) is 0 Å². The van der Waals surface area contributed by atoms with Crippen LogP contribution in [0.4, 0.5) is 0 Å². The van der Waals surface area contributed by atoms with E-state index in [-0.39, 0.29) is 5.91 Å². The van der Waals surface area contributed by atoms with Crippen LogP contribution in [0.15, 0.2) is 28.9 Å². The number of ether oxygens (including phenoxy) is 1. The lowest BCUT2D eigenvalue weighted by Crippen LogP contribution is -2.26. The van der Waals surface area contributed by atoms with Crippen molar-refractivity contribution in [3.05, 3.63) is 40.1 Å². The maximum absolute atomic E-state index is 11.8. The number of carbonyl (C=O) groups is 1. The Bertz CT molecular complexity index is 644. The molecule has 1 heterocycles. The van der Waals surface area contributed by atoms with Crippen molar-refractivity contribution in [1.82, 2.24) is 20.3 Å². The third-order valence-electron chi connectivity index (χ3n) is 3.00. The van der Waals surface area contributed by atoms with Crippen LogP contribution in [-0.4, -0.2) is 41.1 Å². The second kappa shape index (κ2) is 7.90. The number of benzene rings is 1. The summed E-state index contributed by atoms with van der Waals surface area (Å²) < 4.78 is 7.67. The van der Waals surface area contributed by atoms with Crippen LogP contribution < -0.4 is 15.8 Å². The SMILES string of the molecule is COc1ccc(Cn2cc(C(=O)NCCCN)nn2)cc1Br. The van der Waals surface area contributed by atoms with E-state index in [1.165, 1.54) is 0 Å². The van der Waals surface area contributed by atoms with Crippen LogP contribution in [0.5, 0.6) is 5.75 Å². The van der Waals surface area contributed by atoms with Gasteiger partial charge in [-0.2, -0.15) is 0 Å². The summed E-state index contributed by atoms with van der Waals surface area (Å²) >= 11 is 3.44. The zero-order valence-electron chi connectivity index (χ0n) is 12.3. The van der Waals surface area contributed by atoms with E-state index in [2.05, 4.69) is 31.6 Å². The average molecular weight is 368 g/mol. The Hall–Kier alpha value is -1.93. The summed E-state index contributed by atoms with van der Waals surface area (Å²) in [5, 5.41) is 10.6. The predicted molar refractivity (Wildman–Crippen MR) is 85.8 cm³/mol. The fourth-order valence-corrected chi connectivity index (χ4v) is 2.46. The molecule has 7 nitrogen and oxygen atoms in total. The second-order valence-corrected chi connectivity index (χ2v) is 5.52. The van der Waals surface area contributed by atoms with Crippen molar-refractivity contribution >= 4 is 21.8 Å². The quantitative estimate of drug-likeness (QED) is 0.716. The third-order valence-corrected chi connectivity index (χ3v) is 3.62. The molecule has 1 aromatic heterocycles. The van der Waals surface area contributed by atoms with Crippen LogP contribution in [0.2, 0.25) is 0 Å². The molecule has 0 aliphatic heterocycles. The molecule has 2 rings (SSSR count). The molecule has 1 amide bonds. The zero-order chi connectivity index (χ0) is 15.9. The molecule has 0 fully saturated rings. The van der Waals surface area contributed by atoms with Crippen molar-refractivity contribution < 1.29 is 9.53 Å². The summed E-state index contributed by atoms with van der Waals surface area (Å²) in [5.74, 6) is 0.526. The molecular weight excluding hydrogens is 350 g/mol. The molecule has 0 atom stereocenters. The van der Waals surface area contributed by atoms with Crippen LogP contribution in [-0.2, 0) is 6.54 Å². The fourth-order valence-electron chi connectivity index (χ4n) is 1.87. The molecule has 3 N–H and O–H groups in total. The average Bonchev–Trinajstić information content (AvgIpc) is 2.96. The maximum atomic E-state index is 11.8. The van der Waals surface area contributed by atoms with Crippen LogP contribution >= 0.6 is 15.9 Å². The lowest BCUT2D eigenvalue weighted by molar-refractivity contribution is 0.0948. The standard InChI is InChI=1S/C14H18BrN5O2/c1-22-13-4-3-10(7-11(13)15)8-20-9-12(18-19-20)14(21)17-6-2-5-16/h3-4,7,9H,2,5-6,8,16H2,1H3,(H,17,21). The van der Waals surface area contributed by atoms with E-state index in [4.69, 9.17) is 10.5 Å². The lowest BCUT2D eigenvalue weighted by Gasteiger charge is -2.06. The van der Waals surface area contributed by atoms with Gasteiger partial charge in [-0.25, -0.2) is 4.68 Å². The van der Waals surface area contributed by atoms with E-state index in [1.54, 1.807) is 18.0 Å². The summed E-state index contributed by atoms with van der Waals surface area (Å²) in [6.07, 6.45) is 2.36. The third kappa shape index (κ3) is 4.28. The Morgan fingerprint density at radius 2 is 2.32 bits per heavy atom. The topological polar surface area (TPSA) is 95.1 Å². The number of halogens is 1. The van der Waals surface area contributed by atoms with Gasteiger partial charge in [0.1, 0.15) is 5.75 Å². The number of nitrogens with zero attached hydrogens (tertiary/aromatic N) is 3. The molecule has 118 valence electrons. The van der Waals surface area contributed by atoms with Crippen LogP contribution in [0.1, 0.15) is 22.5 Å². The summed E-state index contributed by atoms with van der Waals surface area (Å²) in [6, 6.07) is 5.75. The highest BCUT2D eigenvalue weighted by Crippen LogP contribution is 2.25. The number of methoxy groups -OCH3 is 1. The molecule has 0 unspecified atom stereocenters. The van der Waals surface area contributed by atoms with Crippen molar-refractivity contribution in [1.29, 1.82) is 0 Å². The van der Waals surface area contributed by atoms with Gasteiger partial charge in [0, 0.05) is 6.54 Å². The minimum absolute atomic E-state index is 0.240. The van der Waals surface area contributed by atoms with Gasteiger partial charge < -0.3 is 15.8 Å². The van der Waals surface area contributed by atoms with Gasteiger partial charge in [0.15, 0.2) is 5.69 Å². The zero-order valence-corrected chi connectivity index (χ0v) is 13.8. The molecule has 0 spiro atoms. The van der Waals surface area contributed by atoms with Gasteiger partial charge in [0.2, 0.25) is 0 Å². The summed E-state index contributed by atoms with van der Waals surface area (Å²) in [6.45, 7) is 1.60. The molecule has 0 bridgehead atoms. The van der Waals surface area contributed by atoms with E-state index < -0.39 is 0 Å². The number of rotatable bonds is 7. The summed E-state index contributed by atoms with van der Waals surface area (Å²) in [7, 11) is 1.62. The van der Waals surface area contributed by atoms with E-state index in [9.17, 15) is 4.79 Å². The first-order valence-corrected chi connectivity index (χ1v) is 7.64. The van der Waals surface area contributed by atoms with Crippen molar-refractivity contribution in [2.45, 2.75) is 13.0 Å². The summed E-state index contributed by atoms with van der Waals surface area (Å²) in [5.41, 5.74) is 6.70. The first-order valence-electron chi connectivity index (χ1n) is 6.85. The van der Waals surface area contributed by atoms with Crippen molar-refractivity contribution in [2.24, 2.45) is 5.73 Å². The minimum Gasteiger partial charge on any atom is -0.496 e. The number of nitrogens with one attached hydrogen (secondary N) is 1. The van der Waals surface area contributed by atoms with Crippen molar-refractivity contribution in [2.75, 3.05) is 20.2 Å². The molecule has 0 saturated heterocycles. The molecule has 8 heteroatoms. The van der Waals surface area contributed by atoms with Crippen molar-refractivity contribution in [3.63, 3.8) is 0 Å². The Morgan fingerprint density at radius 1 is 1.50 bits per heavy atom. The number of hydrogen-bond acceptors (Lipinski definition) is 5. The highest BCUT2D eigenvalue weighted by Gasteiger charge is 2.10. The van der Waals surface area contributed by atoms with Gasteiger partial charge >= 0.3 is 0 Å². The summed E-state index contributed by atoms with van der Waals surface area (Å²) in [4.78, 5) is 11.8. The lowest BCUT2D eigenvalue weighted by atomic mass is 10.2. The van der Waals surface area contributed by atoms with Crippen LogP contribution in [0.25, 0.3) is 0 Å². The Kier molecular flexibility index (Phi) is 5.91. The maximum Gasteiger partial charge on any atom is 0.273 e. The Morgan fingerprint density at radius 3 is 3.00 bits per heavy atom. The predicted octanol–water partition coefficient (Wildman–Crippen LogP) is 1.18. The van der Waals surface area contributed by atoms with Gasteiger partial charge in [-0.05, 0) is 46.6 Å². The van der Waals surface area contributed by atoms with Gasteiger partial charge in [-0.1, -0.05) is 11.3 Å². The molecule has 2 aromatic rings. The highest BCUT2D eigenvalue weighted by molar-refractivity contribution is 9.10. The van der Waals surface area contributed by atoms with Gasteiger partial charge in [0.25, 0.3) is 5.91 Å². The Balaban J connectivity index is 1.99. The minimum atomic E-state index is -0.240. The monoisotopic (exact) mass is 367 g/mol. The second-order valence-electron chi connectivity index (χ2n) is 4.67. The number of aromatic nitrogens is 3. The number of hydrogen-bond donors (Lipinski definition) is 2. The highest BCUT2D eigenvalue weighted by atomic mass is 79.9. The molecule has 1 aromatic carbocycles. The normalized spacial score (nSPS) is 10.5. The first-order chi connectivity index (χ1) is 10.6. The van der Waals surface area contributed by atoms with Crippen molar-refractivity contribution in [3.8, 4) is 5.75 Å². The molecule has 0 aliphatic carbocycles. The number of amides is 1. The molecule has 0 radical (unpaired) electrons. The molecule has 0 saturated carbocycles. The first kappa shape index (κ1) is 16.4. The van der Waals surface area contributed by atoms with E-state index >= 15 is 0 Å². The van der Waals surface area contributed by atoms with E-state index in [0.29, 0.717) is 25.3 Å². The Labute approximate surface area is 137 Å². The van der Waals surface area contributed by atoms with E-state index in [0.717, 1.165) is 22.2 Å². The smallest absolute Gasteiger partial charge is 0.273 e. The van der Waals surface area contributed by atoms with Gasteiger partial charge in [-0.3, -0.25) is 4.79 Å². The largest absolute Gasteiger partial charge is 0.496 e. The molecular formula is C14H18BrN5O2.